The molecule has 2 heterocycles. The third-order valence-electron chi connectivity index (χ3n) is 4.71. The molecule has 0 saturated carbocycles. The summed E-state index contributed by atoms with van der Waals surface area (Å²) in [6, 6.07) is 0.171. The second-order valence-corrected chi connectivity index (χ2v) is 7.05. The van der Waals surface area contributed by atoms with E-state index in [1.807, 2.05) is 9.80 Å². The van der Waals surface area contributed by atoms with Crippen LogP contribution in [-0.2, 0) is 14.3 Å². The van der Waals surface area contributed by atoms with Gasteiger partial charge in [-0.25, -0.2) is 0 Å². The van der Waals surface area contributed by atoms with Gasteiger partial charge < -0.3 is 14.5 Å². The SMILES string of the molecule is CC(=O)N(CCN1CCOCC1)[C@H]1CCN(C(=O)CC(C)C)C1. The van der Waals surface area contributed by atoms with Gasteiger partial charge in [0.15, 0.2) is 0 Å². The van der Waals surface area contributed by atoms with Crippen molar-refractivity contribution < 1.29 is 14.3 Å². The van der Waals surface area contributed by atoms with Gasteiger partial charge in [-0.3, -0.25) is 14.5 Å². The van der Waals surface area contributed by atoms with Gasteiger partial charge in [0.25, 0.3) is 0 Å². The summed E-state index contributed by atoms with van der Waals surface area (Å²) in [6.07, 6.45) is 1.49. The molecule has 1 atom stereocenters. The third kappa shape index (κ3) is 5.46. The van der Waals surface area contributed by atoms with Crippen LogP contribution < -0.4 is 0 Å². The van der Waals surface area contributed by atoms with Crippen LogP contribution in [0.15, 0.2) is 0 Å². The van der Waals surface area contributed by atoms with E-state index >= 15 is 0 Å². The number of hydrogen-bond donors (Lipinski definition) is 0. The van der Waals surface area contributed by atoms with Crippen molar-refractivity contribution in [3.05, 3.63) is 0 Å². The molecule has 2 amide bonds. The number of likely N-dealkylation sites (tertiary alicyclic amines) is 1. The van der Waals surface area contributed by atoms with Crippen LogP contribution in [0, 0.1) is 5.92 Å². The minimum Gasteiger partial charge on any atom is -0.379 e. The number of rotatable bonds is 6. The van der Waals surface area contributed by atoms with Crippen molar-refractivity contribution in [1.29, 1.82) is 0 Å². The molecule has 2 fully saturated rings. The van der Waals surface area contributed by atoms with Crippen molar-refractivity contribution in [2.24, 2.45) is 5.92 Å². The summed E-state index contributed by atoms with van der Waals surface area (Å²) < 4.78 is 5.36. The van der Waals surface area contributed by atoms with Crippen LogP contribution in [0.5, 0.6) is 0 Å². The second-order valence-electron chi connectivity index (χ2n) is 7.05. The Hall–Kier alpha value is -1.14. The Labute approximate surface area is 139 Å². The minimum absolute atomic E-state index is 0.112. The average molecular weight is 325 g/mol. The fourth-order valence-electron chi connectivity index (χ4n) is 3.37. The van der Waals surface area contributed by atoms with Crippen LogP contribution in [0.4, 0.5) is 0 Å². The van der Waals surface area contributed by atoms with E-state index in [1.165, 1.54) is 0 Å². The summed E-state index contributed by atoms with van der Waals surface area (Å²) in [7, 11) is 0. The molecule has 6 nitrogen and oxygen atoms in total. The highest BCUT2D eigenvalue weighted by molar-refractivity contribution is 5.77. The van der Waals surface area contributed by atoms with E-state index in [-0.39, 0.29) is 17.9 Å². The van der Waals surface area contributed by atoms with Gasteiger partial charge in [-0.2, -0.15) is 0 Å². The van der Waals surface area contributed by atoms with Crippen LogP contribution in [-0.4, -0.2) is 85.0 Å². The lowest BCUT2D eigenvalue weighted by molar-refractivity contribution is -0.134. The van der Waals surface area contributed by atoms with E-state index in [2.05, 4.69) is 18.7 Å². The molecule has 2 aliphatic rings. The number of amides is 2. The summed E-state index contributed by atoms with van der Waals surface area (Å²) in [4.78, 5) is 30.5. The van der Waals surface area contributed by atoms with Crippen LogP contribution in [0.25, 0.3) is 0 Å². The molecule has 0 aromatic heterocycles. The van der Waals surface area contributed by atoms with E-state index in [4.69, 9.17) is 4.74 Å². The molecule has 0 aromatic rings. The molecule has 0 unspecified atom stereocenters. The number of hydrogen-bond acceptors (Lipinski definition) is 4. The molecule has 0 N–H and O–H groups in total. The van der Waals surface area contributed by atoms with Crippen molar-refractivity contribution in [1.82, 2.24) is 14.7 Å². The Morgan fingerprint density at radius 2 is 1.91 bits per heavy atom. The summed E-state index contributed by atoms with van der Waals surface area (Å²) >= 11 is 0. The van der Waals surface area contributed by atoms with Gasteiger partial charge in [0.05, 0.1) is 19.3 Å². The predicted molar refractivity (Wildman–Crippen MR) is 89.1 cm³/mol. The van der Waals surface area contributed by atoms with Gasteiger partial charge in [0, 0.05) is 52.6 Å². The molecular weight excluding hydrogens is 294 g/mol. The van der Waals surface area contributed by atoms with E-state index < -0.39 is 0 Å². The van der Waals surface area contributed by atoms with E-state index in [0.717, 1.165) is 52.4 Å². The molecule has 0 bridgehead atoms. The van der Waals surface area contributed by atoms with Crippen LogP contribution in [0.1, 0.15) is 33.6 Å². The number of morpholine rings is 1. The highest BCUT2D eigenvalue weighted by atomic mass is 16.5. The van der Waals surface area contributed by atoms with Crippen molar-refractivity contribution in [2.45, 2.75) is 39.7 Å². The maximum absolute atomic E-state index is 12.2. The lowest BCUT2D eigenvalue weighted by atomic mass is 10.1. The maximum Gasteiger partial charge on any atom is 0.222 e. The second kappa shape index (κ2) is 8.64. The van der Waals surface area contributed by atoms with Crippen LogP contribution >= 0.6 is 0 Å². The first kappa shape index (κ1) is 18.2. The first-order valence-corrected chi connectivity index (χ1v) is 8.82. The van der Waals surface area contributed by atoms with Crippen molar-refractivity contribution in [3.63, 3.8) is 0 Å². The van der Waals surface area contributed by atoms with Gasteiger partial charge in [-0.05, 0) is 12.3 Å². The smallest absolute Gasteiger partial charge is 0.222 e. The molecule has 23 heavy (non-hydrogen) atoms. The zero-order valence-corrected chi connectivity index (χ0v) is 14.8. The normalized spacial score (nSPS) is 22.6. The molecule has 0 aromatic carbocycles. The molecule has 6 heteroatoms. The fraction of sp³-hybridized carbons (Fsp3) is 0.882. The van der Waals surface area contributed by atoms with Crippen molar-refractivity contribution in [3.8, 4) is 0 Å². The highest BCUT2D eigenvalue weighted by Crippen LogP contribution is 2.18. The van der Waals surface area contributed by atoms with Gasteiger partial charge in [-0.15, -0.1) is 0 Å². The van der Waals surface area contributed by atoms with E-state index in [0.29, 0.717) is 18.9 Å². The molecule has 2 rings (SSSR count). The van der Waals surface area contributed by atoms with Gasteiger partial charge >= 0.3 is 0 Å². The highest BCUT2D eigenvalue weighted by Gasteiger charge is 2.31. The summed E-state index contributed by atoms with van der Waals surface area (Å²) in [5.41, 5.74) is 0. The molecule has 0 aliphatic carbocycles. The van der Waals surface area contributed by atoms with Crippen molar-refractivity contribution in [2.75, 3.05) is 52.5 Å². The maximum atomic E-state index is 12.2. The fourth-order valence-corrected chi connectivity index (χ4v) is 3.37. The summed E-state index contributed by atoms with van der Waals surface area (Å²) in [6.45, 7) is 12.3. The summed E-state index contributed by atoms with van der Waals surface area (Å²) in [5.74, 6) is 0.715. The zero-order chi connectivity index (χ0) is 16.8. The quantitative estimate of drug-likeness (QED) is 0.725. The number of carbonyl (C=O) groups is 2. The van der Waals surface area contributed by atoms with Gasteiger partial charge in [0.2, 0.25) is 11.8 Å². The van der Waals surface area contributed by atoms with E-state index in [9.17, 15) is 9.59 Å². The number of ether oxygens (including phenoxy) is 1. The van der Waals surface area contributed by atoms with Crippen LogP contribution in [0.2, 0.25) is 0 Å². The zero-order valence-electron chi connectivity index (χ0n) is 14.8. The molecular formula is C17H31N3O3. The minimum atomic E-state index is 0.112. The molecule has 2 saturated heterocycles. The molecule has 0 spiro atoms. The lowest BCUT2D eigenvalue weighted by Gasteiger charge is -2.32. The lowest BCUT2D eigenvalue weighted by Crippen LogP contribution is -2.47. The van der Waals surface area contributed by atoms with E-state index in [1.54, 1.807) is 6.92 Å². The van der Waals surface area contributed by atoms with Crippen LogP contribution in [0.3, 0.4) is 0 Å². The van der Waals surface area contributed by atoms with Gasteiger partial charge in [0.1, 0.15) is 0 Å². The standard InChI is InChI=1S/C17H31N3O3/c1-14(2)12-17(22)19-5-4-16(13-19)20(15(3)21)7-6-18-8-10-23-11-9-18/h14,16H,4-13H2,1-3H3/t16-/m0/s1. The Kier molecular flexibility index (Phi) is 6.84. The monoisotopic (exact) mass is 325 g/mol. The summed E-state index contributed by atoms with van der Waals surface area (Å²) in [5, 5.41) is 0. The Bertz CT molecular complexity index is 408. The topological polar surface area (TPSA) is 53.1 Å². The molecule has 0 radical (unpaired) electrons. The molecule has 2 aliphatic heterocycles. The average Bonchev–Trinajstić information content (AvgIpc) is 2.97. The number of nitrogens with zero attached hydrogens (tertiary/aromatic N) is 3. The first-order valence-electron chi connectivity index (χ1n) is 8.82. The largest absolute Gasteiger partial charge is 0.379 e. The molecule has 132 valence electrons. The third-order valence-corrected chi connectivity index (χ3v) is 4.71. The Morgan fingerprint density at radius 1 is 1.22 bits per heavy atom. The van der Waals surface area contributed by atoms with Gasteiger partial charge in [-0.1, -0.05) is 13.8 Å². The predicted octanol–water partition coefficient (Wildman–Crippen LogP) is 0.814. The Morgan fingerprint density at radius 3 is 2.52 bits per heavy atom. The first-order chi connectivity index (χ1) is 11.0. The van der Waals surface area contributed by atoms with Crippen molar-refractivity contribution >= 4 is 11.8 Å². The Balaban J connectivity index is 1.83. The number of carbonyl (C=O) groups excluding carboxylic acids is 2.